The van der Waals surface area contributed by atoms with Crippen LogP contribution in [0.15, 0.2) is 81.7 Å². The van der Waals surface area contributed by atoms with E-state index in [0.29, 0.717) is 12.5 Å². The van der Waals surface area contributed by atoms with Crippen LogP contribution >= 0.6 is 11.3 Å². The molecule has 6 nitrogen and oxygen atoms in total. The van der Waals surface area contributed by atoms with Gasteiger partial charge in [0.2, 0.25) is 0 Å². The zero-order chi connectivity index (χ0) is 21.1. The molecule has 2 aromatic heterocycles. The number of para-hydroxylation sites is 1. The Labute approximate surface area is 177 Å². The van der Waals surface area contributed by atoms with Crippen molar-refractivity contribution in [3.05, 3.63) is 98.5 Å². The second-order valence-electron chi connectivity index (χ2n) is 7.20. The summed E-state index contributed by atoms with van der Waals surface area (Å²) in [5, 5.41) is 13.0. The van der Waals surface area contributed by atoms with Crippen LogP contribution in [0.25, 0.3) is 11.3 Å². The Balaban J connectivity index is 1.85. The molecule has 0 unspecified atom stereocenters. The average molecular weight is 420 g/mol. The van der Waals surface area contributed by atoms with Gasteiger partial charge in [-0.1, -0.05) is 32.0 Å². The number of aromatic nitrogens is 1. The summed E-state index contributed by atoms with van der Waals surface area (Å²) in [6, 6.07) is 18.5. The minimum absolute atomic E-state index is 0.0716. The molecule has 0 saturated heterocycles. The molecule has 0 aliphatic carbocycles. The molecule has 4 aromatic rings. The second-order valence-corrected chi connectivity index (χ2v) is 8.03. The molecule has 4 rings (SSSR count). The lowest BCUT2D eigenvalue weighted by Gasteiger charge is -2.10. The summed E-state index contributed by atoms with van der Waals surface area (Å²) >= 11 is 1.54. The summed E-state index contributed by atoms with van der Waals surface area (Å²) in [6.07, 6.45) is 1.65. The quantitative estimate of drug-likeness (QED) is 0.279. The van der Waals surface area contributed by atoms with Gasteiger partial charge in [0.25, 0.3) is 5.69 Å². The molecule has 0 spiro atoms. The zero-order valence-corrected chi connectivity index (χ0v) is 17.5. The van der Waals surface area contributed by atoms with Gasteiger partial charge in [-0.25, -0.2) is 4.99 Å². The van der Waals surface area contributed by atoms with Crippen LogP contribution in [0.1, 0.15) is 31.1 Å². The normalized spacial score (nSPS) is 11.9. The van der Waals surface area contributed by atoms with E-state index < -0.39 is 4.92 Å². The molecule has 0 fully saturated rings. The molecule has 0 atom stereocenters. The van der Waals surface area contributed by atoms with Gasteiger partial charge in [-0.05, 0) is 47.4 Å². The summed E-state index contributed by atoms with van der Waals surface area (Å²) in [5.74, 6) is 1.17. The second kappa shape index (κ2) is 8.51. The van der Waals surface area contributed by atoms with E-state index in [1.165, 1.54) is 29.0 Å². The fraction of sp³-hybridized carbons (Fsp3) is 0.174. The summed E-state index contributed by atoms with van der Waals surface area (Å²) in [5.41, 5.74) is 4.03. The molecule has 7 heteroatoms. The van der Waals surface area contributed by atoms with Crippen molar-refractivity contribution >= 4 is 22.7 Å². The number of rotatable bonds is 6. The third-order valence-corrected chi connectivity index (χ3v) is 5.70. The van der Waals surface area contributed by atoms with Gasteiger partial charge in [-0.15, -0.1) is 11.3 Å². The van der Waals surface area contributed by atoms with E-state index >= 15 is 0 Å². The smallest absolute Gasteiger partial charge is 0.269 e. The molecular formula is C23H21N3O3S. The van der Waals surface area contributed by atoms with Crippen LogP contribution in [-0.2, 0) is 6.54 Å². The standard InChI is InChI=1S/C23H21N3O3S/c1-16(2)20-7-3-4-8-21(20)24-23-25(14-19-6-5-13-29-19)22(15-30-23)17-9-11-18(12-10-17)26(27)28/h3-13,15-16H,14H2,1-2H3. The first-order valence-corrected chi connectivity index (χ1v) is 10.5. The van der Waals surface area contributed by atoms with Crippen molar-refractivity contribution in [2.24, 2.45) is 4.99 Å². The Morgan fingerprint density at radius 1 is 1.10 bits per heavy atom. The van der Waals surface area contributed by atoms with Crippen molar-refractivity contribution in [3.8, 4) is 11.3 Å². The van der Waals surface area contributed by atoms with E-state index in [4.69, 9.17) is 9.41 Å². The molecule has 30 heavy (non-hydrogen) atoms. The minimum atomic E-state index is -0.391. The van der Waals surface area contributed by atoms with Gasteiger partial charge in [0.15, 0.2) is 4.80 Å². The molecule has 0 saturated carbocycles. The first kappa shape index (κ1) is 19.8. The topological polar surface area (TPSA) is 73.6 Å². The highest BCUT2D eigenvalue weighted by Crippen LogP contribution is 2.27. The number of non-ortho nitro benzene ring substituents is 1. The molecule has 152 valence electrons. The largest absolute Gasteiger partial charge is 0.467 e. The fourth-order valence-corrected chi connectivity index (χ4v) is 4.22. The number of nitro groups is 1. The van der Waals surface area contributed by atoms with Gasteiger partial charge >= 0.3 is 0 Å². The fourth-order valence-electron chi connectivity index (χ4n) is 3.30. The molecule has 0 N–H and O–H groups in total. The number of benzene rings is 2. The van der Waals surface area contributed by atoms with Gasteiger partial charge in [-0.3, -0.25) is 10.1 Å². The number of furan rings is 1. The third-order valence-electron chi connectivity index (χ3n) is 4.84. The van der Waals surface area contributed by atoms with Gasteiger partial charge in [0.05, 0.1) is 29.1 Å². The molecule has 2 heterocycles. The van der Waals surface area contributed by atoms with Crippen LogP contribution in [0.3, 0.4) is 0 Å². The number of hydrogen-bond donors (Lipinski definition) is 0. The van der Waals surface area contributed by atoms with Gasteiger partial charge in [0.1, 0.15) is 5.76 Å². The number of thiazole rings is 1. The van der Waals surface area contributed by atoms with Crippen molar-refractivity contribution in [1.82, 2.24) is 4.57 Å². The highest BCUT2D eigenvalue weighted by molar-refractivity contribution is 7.07. The summed E-state index contributed by atoms with van der Waals surface area (Å²) < 4.78 is 7.65. The van der Waals surface area contributed by atoms with Crippen LogP contribution in [0.5, 0.6) is 0 Å². The Morgan fingerprint density at radius 2 is 1.87 bits per heavy atom. The van der Waals surface area contributed by atoms with Crippen molar-refractivity contribution in [3.63, 3.8) is 0 Å². The predicted octanol–water partition coefficient (Wildman–Crippen LogP) is 6.12. The minimum Gasteiger partial charge on any atom is -0.467 e. The lowest BCUT2D eigenvalue weighted by Crippen LogP contribution is -2.16. The van der Waals surface area contributed by atoms with E-state index in [1.807, 2.05) is 35.7 Å². The van der Waals surface area contributed by atoms with Crippen LogP contribution < -0.4 is 4.80 Å². The molecular weight excluding hydrogens is 398 g/mol. The summed E-state index contributed by atoms with van der Waals surface area (Å²) in [7, 11) is 0. The summed E-state index contributed by atoms with van der Waals surface area (Å²) in [6.45, 7) is 4.83. The highest BCUT2D eigenvalue weighted by Gasteiger charge is 2.13. The van der Waals surface area contributed by atoms with Crippen LogP contribution in [0.4, 0.5) is 11.4 Å². The van der Waals surface area contributed by atoms with Gasteiger partial charge < -0.3 is 8.98 Å². The zero-order valence-electron chi connectivity index (χ0n) is 16.7. The lowest BCUT2D eigenvalue weighted by atomic mass is 10.0. The van der Waals surface area contributed by atoms with Crippen LogP contribution in [0, 0.1) is 10.1 Å². The van der Waals surface area contributed by atoms with E-state index in [9.17, 15) is 10.1 Å². The number of hydrogen-bond acceptors (Lipinski definition) is 5. The first-order chi connectivity index (χ1) is 14.5. The Morgan fingerprint density at radius 3 is 2.53 bits per heavy atom. The van der Waals surface area contributed by atoms with E-state index in [1.54, 1.807) is 18.4 Å². The maximum Gasteiger partial charge on any atom is 0.269 e. The third kappa shape index (κ3) is 4.11. The Hall–Kier alpha value is -3.45. The first-order valence-electron chi connectivity index (χ1n) is 9.62. The average Bonchev–Trinajstić information content (AvgIpc) is 3.39. The molecule has 2 aromatic carbocycles. The van der Waals surface area contributed by atoms with Crippen LogP contribution in [-0.4, -0.2) is 9.49 Å². The molecule has 0 aliphatic rings. The van der Waals surface area contributed by atoms with Crippen molar-refractivity contribution in [2.75, 3.05) is 0 Å². The molecule has 0 amide bonds. The Bertz CT molecular complexity index is 1220. The monoisotopic (exact) mass is 419 g/mol. The SMILES string of the molecule is CC(C)c1ccccc1N=c1scc(-c2ccc([N+](=O)[O-])cc2)n1Cc1ccco1. The number of nitrogens with zero attached hydrogens (tertiary/aromatic N) is 3. The van der Waals surface area contributed by atoms with E-state index in [0.717, 1.165) is 27.5 Å². The summed E-state index contributed by atoms with van der Waals surface area (Å²) in [4.78, 5) is 16.4. The maximum atomic E-state index is 11.0. The number of nitro benzene ring substituents is 1. The van der Waals surface area contributed by atoms with Crippen molar-refractivity contribution < 1.29 is 9.34 Å². The highest BCUT2D eigenvalue weighted by atomic mass is 32.1. The predicted molar refractivity (Wildman–Crippen MR) is 118 cm³/mol. The molecule has 0 aliphatic heterocycles. The molecule has 0 bridgehead atoms. The lowest BCUT2D eigenvalue weighted by molar-refractivity contribution is -0.384. The Kier molecular flexibility index (Phi) is 5.63. The van der Waals surface area contributed by atoms with Crippen LogP contribution in [0.2, 0.25) is 0 Å². The van der Waals surface area contributed by atoms with Crippen molar-refractivity contribution in [1.29, 1.82) is 0 Å². The molecule has 0 radical (unpaired) electrons. The maximum absolute atomic E-state index is 11.0. The van der Waals surface area contributed by atoms with Gasteiger partial charge in [-0.2, -0.15) is 0 Å². The van der Waals surface area contributed by atoms with E-state index in [2.05, 4.69) is 24.5 Å². The van der Waals surface area contributed by atoms with Crippen molar-refractivity contribution in [2.45, 2.75) is 26.3 Å². The van der Waals surface area contributed by atoms with Gasteiger partial charge in [0, 0.05) is 17.5 Å². The van der Waals surface area contributed by atoms with E-state index in [-0.39, 0.29) is 5.69 Å².